The van der Waals surface area contributed by atoms with Crippen LogP contribution in [0.2, 0.25) is 0 Å². The molecule has 0 amide bonds. The topological polar surface area (TPSA) is 42.0 Å². The van der Waals surface area contributed by atoms with E-state index in [9.17, 15) is 4.21 Å². The van der Waals surface area contributed by atoms with Crippen molar-refractivity contribution in [2.75, 3.05) is 0 Å². The lowest BCUT2D eigenvalue weighted by Crippen LogP contribution is -2.40. The average Bonchev–Trinajstić information content (AvgIpc) is 2.28. The zero-order valence-electron chi connectivity index (χ0n) is 12.4. The van der Waals surface area contributed by atoms with Crippen LogP contribution in [0.4, 0.5) is 0 Å². The maximum Gasteiger partial charge on any atom is 0.0975 e. The highest BCUT2D eigenvalue weighted by atomic mass is 32.2. The van der Waals surface area contributed by atoms with E-state index in [1.807, 2.05) is 52.8 Å². The zero-order chi connectivity index (χ0) is 14.5. The third-order valence-electron chi connectivity index (χ3n) is 2.50. The maximum atomic E-state index is 12.2. The van der Waals surface area contributed by atoms with Gasteiger partial charge in [0.25, 0.3) is 0 Å². The Balaban J connectivity index is 2.79. The number of rotatable bonds is 5. The van der Waals surface area contributed by atoms with Crippen molar-refractivity contribution in [3.63, 3.8) is 0 Å². The van der Waals surface area contributed by atoms with Crippen molar-refractivity contribution in [3.8, 4) is 0 Å². The number of nitrogens with zero attached hydrogens (tertiary/aromatic N) is 1. The standard InChI is InChI=1S/C15H24N2OS/c1-12(2)10-14(17-19(18)15(3,4)5)11-13-8-6-7-9-16-13/h6-10,14,17H,11H2,1-5H3. The smallest absolute Gasteiger partial charge is 0.0975 e. The summed E-state index contributed by atoms with van der Waals surface area (Å²) in [6.07, 6.45) is 4.64. The molecule has 1 aromatic rings. The third kappa shape index (κ3) is 6.12. The summed E-state index contributed by atoms with van der Waals surface area (Å²) in [6.45, 7) is 10.0. The molecule has 19 heavy (non-hydrogen) atoms. The first-order valence-electron chi connectivity index (χ1n) is 6.52. The summed E-state index contributed by atoms with van der Waals surface area (Å²) < 4.78 is 15.1. The molecule has 0 bridgehead atoms. The zero-order valence-corrected chi connectivity index (χ0v) is 13.3. The molecule has 2 unspecified atom stereocenters. The molecule has 0 aliphatic rings. The summed E-state index contributed by atoms with van der Waals surface area (Å²) in [7, 11) is -1.08. The van der Waals surface area contributed by atoms with Crippen LogP contribution in [0.15, 0.2) is 36.0 Å². The van der Waals surface area contributed by atoms with Crippen molar-refractivity contribution in [1.82, 2.24) is 9.71 Å². The average molecular weight is 280 g/mol. The fourth-order valence-corrected chi connectivity index (χ4v) is 2.38. The van der Waals surface area contributed by atoms with Crippen LogP contribution < -0.4 is 4.72 Å². The van der Waals surface area contributed by atoms with Gasteiger partial charge in [-0.25, -0.2) is 8.93 Å². The Morgan fingerprint density at radius 2 is 2.11 bits per heavy atom. The molecular weight excluding hydrogens is 256 g/mol. The Bertz CT molecular complexity index is 445. The number of allylic oxidation sites excluding steroid dienone is 1. The predicted octanol–water partition coefficient (Wildman–Crippen LogP) is 3.01. The molecule has 0 spiro atoms. The van der Waals surface area contributed by atoms with E-state index in [2.05, 4.69) is 15.8 Å². The minimum absolute atomic E-state index is 0.0416. The molecule has 106 valence electrons. The van der Waals surface area contributed by atoms with Crippen LogP contribution in [-0.2, 0) is 17.4 Å². The summed E-state index contributed by atoms with van der Waals surface area (Å²) in [5.74, 6) is 0. The quantitative estimate of drug-likeness (QED) is 0.842. The van der Waals surface area contributed by atoms with Gasteiger partial charge in [0.2, 0.25) is 0 Å². The largest absolute Gasteiger partial charge is 0.261 e. The van der Waals surface area contributed by atoms with Gasteiger partial charge in [0.1, 0.15) is 0 Å². The summed E-state index contributed by atoms with van der Waals surface area (Å²) in [5, 5.41) is 0. The van der Waals surface area contributed by atoms with Crippen LogP contribution in [-0.4, -0.2) is 20.0 Å². The van der Waals surface area contributed by atoms with E-state index in [-0.39, 0.29) is 10.8 Å². The Hall–Kier alpha value is -1.00. The van der Waals surface area contributed by atoms with Gasteiger partial charge in [-0.05, 0) is 46.8 Å². The Labute approximate surface area is 119 Å². The molecule has 0 saturated carbocycles. The fraction of sp³-hybridized carbons (Fsp3) is 0.533. The number of hydrogen-bond acceptors (Lipinski definition) is 2. The highest BCUT2D eigenvalue weighted by molar-refractivity contribution is 7.84. The molecule has 4 heteroatoms. The number of pyridine rings is 1. The molecule has 0 aromatic carbocycles. The first kappa shape index (κ1) is 16.1. The second-order valence-electron chi connectivity index (χ2n) is 5.87. The van der Waals surface area contributed by atoms with Gasteiger partial charge in [-0.3, -0.25) is 4.98 Å². The van der Waals surface area contributed by atoms with E-state index in [1.54, 1.807) is 6.20 Å². The van der Waals surface area contributed by atoms with Gasteiger partial charge in [-0.1, -0.05) is 17.7 Å². The van der Waals surface area contributed by atoms with E-state index in [0.717, 1.165) is 12.1 Å². The molecule has 0 fully saturated rings. The lowest BCUT2D eigenvalue weighted by molar-refractivity contribution is 0.617. The monoisotopic (exact) mass is 280 g/mol. The van der Waals surface area contributed by atoms with Crippen molar-refractivity contribution in [1.29, 1.82) is 0 Å². The van der Waals surface area contributed by atoms with Crippen molar-refractivity contribution >= 4 is 11.0 Å². The minimum Gasteiger partial charge on any atom is -0.261 e. The fourth-order valence-electron chi connectivity index (χ4n) is 1.60. The molecule has 1 aromatic heterocycles. The van der Waals surface area contributed by atoms with Gasteiger partial charge in [0, 0.05) is 24.4 Å². The van der Waals surface area contributed by atoms with E-state index in [4.69, 9.17) is 0 Å². The summed E-state index contributed by atoms with van der Waals surface area (Å²) in [4.78, 5) is 4.33. The molecule has 3 nitrogen and oxygen atoms in total. The third-order valence-corrected chi connectivity index (χ3v) is 4.13. The Kier molecular flexibility index (Phi) is 5.88. The number of nitrogens with one attached hydrogen (secondary N) is 1. The lowest BCUT2D eigenvalue weighted by atomic mass is 10.1. The second kappa shape index (κ2) is 6.96. The van der Waals surface area contributed by atoms with Gasteiger partial charge < -0.3 is 0 Å². The van der Waals surface area contributed by atoms with Gasteiger partial charge >= 0.3 is 0 Å². The summed E-state index contributed by atoms with van der Waals surface area (Å²) in [5.41, 5.74) is 2.21. The molecule has 0 radical (unpaired) electrons. The minimum atomic E-state index is -1.08. The molecule has 1 rings (SSSR count). The van der Waals surface area contributed by atoms with Crippen molar-refractivity contribution in [2.24, 2.45) is 0 Å². The van der Waals surface area contributed by atoms with Crippen molar-refractivity contribution < 1.29 is 4.21 Å². The number of aromatic nitrogens is 1. The molecule has 1 heterocycles. The van der Waals surface area contributed by atoms with E-state index < -0.39 is 11.0 Å². The summed E-state index contributed by atoms with van der Waals surface area (Å²) >= 11 is 0. The summed E-state index contributed by atoms with van der Waals surface area (Å²) in [6, 6.07) is 5.91. The molecule has 0 saturated heterocycles. The molecular formula is C15H24N2OS. The predicted molar refractivity (Wildman–Crippen MR) is 82.2 cm³/mol. The Morgan fingerprint density at radius 3 is 2.58 bits per heavy atom. The maximum absolute atomic E-state index is 12.2. The van der Waals surface area contributed by atoms with Gasteiger partial charge in [-0.2, -0.15) is 0 Å². The molecule has 1 N–H and O–H groups in total. The van der Waals surface area contributed by atoms with Crippen LogP contribution in [0.3, 0.4) is 0 Å². The van der Waals surface area contributed by atoms with Gasteiger partial charge in [0.15, 0.2) is 0 Å². The van der Waals surface area contributed by atoms with Gasteiger partial charge in [0.05, 0.1) is 15.7 Å². The van der Waals surface area contributed by atoms with Crippen LogP contribution in [0, 0.1) is 0 Å². The first-order valence-corrected chi connectivity index (χ1v) is 7.67. The van der Waals surface area contributed by atoms with E-state index >= 15 is 0 Å². The van der Waals surface area contributed by atoms with Gasteiger partial charge in [-0.15, -0.1) is 0 Å². The highest BCUT2D eigenvalue weighted by Gasteiger charge is 2.22. The van der Waals surface area contributed by atoms with Crippen molar-refractivity contribution in [2.45, 2.75) is 51.8 Å². The SMILES string of the molecule is CC(C)=CC(Cc1ccccn1)NS(=O)C(C)(C)C. The van der Waals surface area contributed by atoms with E-state index in [0.29, 0.717) is 0 Å². The second-order valence-corrected chi connectivity index (χ2v) is 7.87. The van der Waals surface area contributed by atoms with Crippen LogP contribution in [0.25, 0.3) is 0 Å². The van der Waals surface area contributed by atoms with Crippen LogP contribution in [0.5, 0.6) is 0 Å². The number of hydrogen-bond donors (Lipinski definition) is 1. The normalized spacial score (nSPS) is 14.8. The highest BCUT2D eigenvalue weighted by Crippen LogP contribution is 2.12. The molecule has 2 atom stereocenters. The Morgan fingerprint density at radius 1 is 1.42 bits per heavy atom. The molecule has 0 aliphatic carbocycles. The van der Waals surface area contributed by atoms with Crippen LogP contribution >= 0.6 is 0 Å². The molecule has 0 aliphatic heterocycles. The first-order chi connectivity index (χ1) is 8.79. The van der Waals surface area contributed by atoms with Crippen molar-refractivity contribution in [3.05, 3.63) is 41.7 Å². The van der Waals surface area contributed by atoms with E-state index in [1.165, 1.54) is 5.57 Å². The van der Waals surface area contributed by atoms with Crippen LogP contribution in [0.1, 0.15) is 40.3 Å². The lowest BCUT2D eigenvalue weighted by Gasteiger charge is -2.22.